The first-order valence-electron chi connectivity index (χ1n) is 9.20. The number of hydrogen-bond acceptors (Lipinski definition) is 13. The Kier molecular flexibility index (Phi) is 5.63. The number of nitrogen functional groups attached to an aromatic ring is 1. The molecule has 2 unspecified atom stereocenters. The Balaban J connectivity index is 1.39. The first-order valence-corrected chi connectivity index (χ1v) is 11.6. The molecule has 2 aromatic heterocycles. The van der Waals surface area contributed by atoms with E-state index in [1.165, 1.54) is 18.4 Å². The van der Waals surface area contributed by atoms with Gasteiger partial charge in [0.15, 0.2) is 10.9 Å². The van der Waals surface area contributed by atoms with Crippen LogP contribution in [0.15, 0.2) is 16.0 Å². The summed E-state index contributed by atoms with van der Waals surface area (Å²) in [6.45, 7) is 1.14. The van der Waals surface area contributed by atoms with Gasteiger partial charge >= 0.3 is 22.2 Å². The minimum Gasteiger partial charge on any atom is -0.479 e. The number of carbonyl (C=O) groups is 4. The zero-order chi connectivity index (χ0) is 24.8. The Morgan fingerprint density at radius 3 is 2.65 bits per heavy atom. The third-order valence-corrected chi connectivity index (χ3v) is 6.40. The zero-order valence-electron chi connectivity index (χ0n) is 17.0. The van der Waals surface area contributed by atoms with Crippen molar-refractivity contribution in [2.24, 2.45) is 0 Å². The molecule has 2 aromatic rings. The monoisotopic (exact) mass is 516 g/mol. The molecule has 0 saturated carbocycles. The van der Waals surface area contributed by atoms with Gasteiger partial charge in [0.05, 0.1) is 12.2 Å². The van der Waals surface area contributed by atoms with Crippen LogP contribution >= 0.6 is 11.3 Å². The molecule has 182 valence electrons. The van der Waals surface area contributed by atoms with Crippen LogP contribution in [-0.4, -0.2) is 71.1 Å². The molecule has 2 aliphatic heterocycles. The number of rotatable bonds is 7. The molecule has 2 aliphatic rings. The highest BCUT2D eigenvalue weighted by atomic mass is 32.2. The summed E-state index contributed by atoms with van der Waals surface area (Å²) >= 11 is 0.959. The number of β-lactam (4-membered cyclic amide) rings is 1. The molecule has 0 aromatic carbocycles. The van der Waals surface area contributed by atoms with Crippen molar-refractivity contribution >= 4 is 56.3 Å². The molecule has 4 amide bonds. The number of aromatic nitrogens is 2. The molecule has 3 atom stereocenters. The molecule has 34 heavy (non-hydrogen) atoms. The number of hydrogen-bond donors (Lipinski definition) is 6. The smallest absolute Gasteiger partial charge is 0.339 e. The number of nitrogens with two attached hydrogens (primary N) is 1. The van der Waals surface area contributed by atoms with Crippen molar-refractivity contribution in [3.63, 3.8) is 0 Å². The highest BCUT2D eigenvalue weighted by molar-refractivity contribution is 7.91. The molecular formula is C15H16N8O9S2. The van der Waals surface area contributed by atoms with E-state index in [0.717, 1.165) is 11.3 Å². The number of urea groups is 1. The van der Waals surface area contributed by atoms with Gasteiger partial charge in [-0.1, -0.05) is 5.16 Å². The Hall–Kier alpha value is -3.81. The second-order valence-corrected chi connectivity index (χ2v) is 9.43. The number of aliphatic carboxylic acids is 1. The Labute approximate surface area is 193 Å². The van der Waals surface area contributed by atoms with Crippen LogP contribution in [0.5, 0.6) is 0 Å². The van der Waals surface area contributed by atoms with Gasteiger partial charge in [0.25, 0.3) is 11.8 Å². The van der Waals surface area contributed by atoms with Crippen LogP contribution in [0.25, 0.3) is 0 Å². The van der Waals surface area contributed by atoms with E-state index >= 15 is 0 Å². The summed E-state index contributed by atoms with van der Waals surface area (Å²) in [4.78, 5) is 58.3. The second-order valence-electron chi connectivity index (χ2n) is 7.13. The third-order valence-electron chi connectivity index (χ3n) is 4.81. The van der Waals surface area contributed by atoms with Crippen LogP contribution in [0.3, 0.4) is 0 Å². The van der Waals surface area contributed by atoms with Crippen molar-refractivity contribution in [1.82, 2.24) is 30.6 Å². The van der Waals surface area contributed by atoms with Crippen molar-refractivity contribution < 1.29 is 42.1 Å². The summed E-state index contributed by atoms with van der Waals surface area (Å²) in [5.74, 6) is -3.24. The molecule has 4 rings (SSSR count). The maximum absolute atomic E-state index is 12.9. The number of aryl methyl sites for hydroxylation is 1. The molecule has 0 radical (unpaired) electrons. The van der Waals surface area contributed by atoms with E-state index < -0.39 is 51.7 Å². The van der Waals surface area contributed by atoms with Gasteiger partial charge in [0, 0.05) is 11.4 Å². The Bertz CT molecular complexity index is 1290. The lowest BCUT2D eigenvalue weighted by molar-refractivity contribution is -0.235. The van der Waals surface area contributed by atoms with Gasteiger partial charge < -0.3 is 20.7 Å². The van der Waals surface area contributed by atoms with Gasteiger partial charge in [-0.25, -0.2) is 24.0 Å². The summed E-state index contributed by atoms with van der Waals surface area (Å²) in [6.07, 6.45) is -1.67. The van der Waals surface area contributed by atoms with Gasteiger partial charge in [0.2, 0.25) is 11.6 Å². The number of carboxylic acids is 1. The molecule has 4 heterocycles. The van der Waals surface area contributed by atoms with Gasteiger partial charge in [-0.15, -0.1) is 11.3 Å². The van der Waals surface area contributed by atoms with Gasteiger partial charge in [0.1, 0.15) is 11.8 Å². The van der Waals surface area contributed by atoms with Crippen molar-refractivity contribution in [3.05, 3.63) is 22.9 Å². The maximum Gasteiger partial charge on any atom is 0.339 e. The van der Waals surface area contributed by atoms with Gasteiger partial charge in [-0.3, -0.25) is 19.3 Å². The fourth-order valence-electron chi connectivity index (χ4n) is 3.14. The zero-order valence-corrected chi connectivity index (χ0v) is 18.6. The third kappa shape index (κ3) is 4.00. The van der Waals surface area contributed by atoms with Crippen LogP contribution < -0.4 is 26.0 Å². The SMILES string of the molecule is Cc1cc(NS(=O)(=O)NC(=O)N2CC(NC(=O)C3(c4csc(N)n4)NO[C@@H]3C(=O)O)C2=O)no1. The molecule has 2 saturated heterocycles. The first kappa shape index (κ1) is 23.4. The maximum atomic E-state index is 12.9. The number of amides is 4. The summed E-state index contributed by atoms with van der Waals surface area (Å²) in [5.41, 5.74) is 5.85. The molecule has 17 nitrogen and oxygen atoms in total. The van der Waals surface area contributed by atoms with Gasteiger partial charge in [-0.05, 0) is 6.92 Å². The number of nitrogens with one attached hydrogen (secondary N) is 4. The largest absolute Gasteiger partial charge is 0.479 e. The molecule has 0 aliphatic carbocycles. The molecule has 0 bridgehead atoms. The summed E-state index contributed by atoms with van der Waals surface area (Å²) < 4.78 is 32.3. The fraction of sp³-hybridized carbons (Fsp3) is 0.333. The quantitative estimate of drug-likeness (QED) is 0.210. The lowest BCUT2D eigenvalue weighted by Crippen LogP contribution is -2.76. The number of carbonyl (C=O) groups excluding carboxylic acids is 3. The van der Waals surface area contributed by atoms with Crippen LogP contribution in [0, 0.1) is 6.92 Å². The molecule has 0 spiro atoms. The lowest BCUT2D eigenvalue weighted by Gasteiger charge is -2.46. The number of anilines is 2. The van der Waals surface area contributed by atoms with Crippen LogP contribution in [0.1, 0.15) is 11.5 Å². The van der Waals surface area contributed by atoms with Crippen LogP contribution in [0.2, 0.25) is 0 Å². The molecular weight excluding hydrogens is 500 g/mol. The van der Waals surface area contributed by atoms with E-state index in [1.54, 1.807) is 4.72 Å². The summed E-state index contributed by atoms with van der Waals surface area (Å²) in [6, 6.07) is -1.26. The van der Waals surface area contributed by atoms with E-state index in [9.17, 15) is 32.7 Å². The number of imide groups is 1. The average molecular weight is 516 g/mol. The predicted octanol–water partition coefficient (Wildman–Crippen LogP) is -2.40. The lowest BCUT2D eigenvalue weighted by atomic mass is 9.85. The van der Waals surface area contributed by atoms with E-state index in [1.807, 2.05) is 4.72 Å². The topological polar surface area (TPSA) is 248 Å². The highest BCUT2D eigenvalue weighted by Gasteiger charge is 2.62. The van der Waals surface area contributed by atoms with Gasteiger partial charge in [-0.2, -0.15) is 13.9 Å². The normalized spacial score (nSPS) is 24.0. The van der Waals surface area contributed by atoms with E-state index in [2.05, 4.69) is 20.9 Å². The van der Waals surface area contributed by atoms with Crippen LogP contribution in [-0.2, 0) is 35.0 Å². The van der Waals surface area contributed by atoms with Crippen molar-refractivity contribution in [3.8, 4) is 0 Å². The Morgan fingerprint density at radius 1 is 1.41 bits per heavy atom. The highest BCUT2D eigenvalue weighted by Crippen LogP contribution is 2.36. The first-order chi connectivity index (χ1) is 15.9. The minimum absolute atomic E-state index is 0.0345. The number of hydroxylamine groups is 1. The second kappa shape index (κ2) is 8.20. The number of thiazole rings is 1. The van der Waals surface area contributed by atoms with E-state index in [4.69, 9.17) is 15.1 Å². The average Bonchev–Trinajstić information content (AvgIpc) is 3.30. The number of carboxylic acid groups (broad SMARTS) is 1. The molecule has 19 heteroatoms. The fourth-order valence-corrected chi connectivity index (χ4v) is 4.53. The summed E-state index contributed by atoms with van der Waals surface area (Å²) in [5, 5.41) is 16.5. The minimum atomic E-state index is -4.44. The van der Waals surface area contributed by atoms with Crippen molar-refractivity contribution in [2.45, 2.75) is 24.6 Å². The van der Waals surface area contributed by atoms with E-state index in [-0.39, 0.29) is 23.2 Å². The van der Waals surface area contributed by atoms with Crippen molar-refractivity contribution in [2.75, 3.05) is 17.0 Å². The summed E-state index contributed by atoms with van der Waals surface area (Å²) in [7, 11) is -4.44. The predicted molar refractivity (Wildman–Crippen MR) is 110 cm³/mol. The molecule has 7 N–H and O–H groups in total. The number of likely N-dealkylation sites (tertiary alicyclic amines) is 1. The Morgan fingerprint density at radius 2 is 2.15 bits per heavy atom. The van der Waals surface area contributed by atoms with Crippen LogP contribution in [0.4, 0.5) is 15.7 Å². The van der Waals surface area contributed by atoms with Crippen molar-refractivity contribution in [1.29, 1.82) is 0 Å². The van der Waals surface area contributed by atoms with E-state index in [0.29, 0.717) is 10.7 Å². The molecule has 2 fully saturated rings. The standard InChI is InChI=1S/C15H16N8O9S2/c1-5-2-8(19-31-5)20-34(29,30)21-14(28)23-3-6(10(23)24)17-12(27)15(7-4-33-13(16)18-7)9(11(25)26)32-22-15/h2,4,6,9,22H,3H2,1H3,(H2,16,18)(H,17,27)(H,19,20)(H,21,28)(H,25,26)/t6?,9-,15?/m1/s1. The number of nitrogens with zero attached hydrogens (tertiary/aromatic N) is 3.